The van der Waals surface area contributed by atoms with Crippen LogP contribution in [0.4, 0.5) is 9.18 Å². The molecule has 25 heavy (non-hydrogen) atoms. The summed E-state index contributed by atoms with van der Waals surface area (Å²) in [6.45, 7) is 2.25. The molecule has 2 aromatic rings. The number of nitrogens with one attached hydrogen (secondary N) is 1. The Balaban J connectivity index is 1.80. The number of carbonyl (C=O) groups is 2. The molecule has 0 aliphatic heterocycles. The molecule has 0 aromatic heterocycles. The van der Waals surface area contributed by atoms with Crippen molar-refractivity contribution in [2.24, 2.45) is 0 Å². The normalized spacial score (nSPS) is 9.68. The standard InChI is InChI=1S/C20H18FNO3/c1-15-10-11-19(21)18(13-23)17(15)9-5-6-12-22-20(24)25-14-16-7-3-2-4-8-16/h2-4,7-8,10-11,13H,6,12,14H2,1H3,(H,22,24). The molecule has 0 unspecified atom stereocenters. The molecule has 1 N–H and O–H groups in total. The summed E-state index contributed by atoms with van der Waals surface area (Å²) >= 11 is 0. The number of halogens is 1. The molecule has 0 aliphatic rings. The van der Waals surface area contributed by atoms with Gasteiger partial charge in [-0.05, 0) is 24.1 Å². The predicted octanol–water partition coefficient (Wildman–Crippen LogP) is 3.61. The maximum atomic E-state index is 13.6. The van der Waals surface area contributed by atoms with Gasteiger partial charge in [0, 0.05) is 18.5 Å². The van der Waals surface area contributed by atoms with Crippen LogP contribution in [0.3, 0.4) is 0 Å². The second-order valence-corrected chi connectivity index (χ2v) is 5.31. The van der Waals surface area contributed by atoms with Gasteiger partial charge in [-0.2, -0.15) is 0 Å². The van der Waals surface area contributed by atoms with Crippen molar-refractivity contribution in [3.05, 3.63) is 70.5 Å². The molecule has 128 valence electrons. The van der Waals surface area contributed by atoms with Gasteiger partial charge in [0.1, 0.15) is 12.4 Å². The molecule has 0 spiro atoms. The van der Waals surface area contributed by atoms with Gasteiger partial charge >= 0.3 is 6.09 Å². The quantitative estimate of drug-likeness (QED) is 0.514. The average molecular weight is 339 g/mol. The third kappa shape index (κ3) is 5.47. The summed E-state index contributed by atoms with van der Waals surface area (Å²) in [6, 6.07) is 12.2. The van der Waals surface area contributed by atoms with Gasteiger partial charge in [0.15, 0.2) is 6.29 Å². The highest BCUT2D eigenvalue weighted by Crippen LogP contribution is 2.15. The van der Waals surface area contributed by atoms with Gasteiger partial charge in [-0.15, -0.1) is 0 Å². The number of carbonyl (C=O) groups excluding carboxylic acids is 2. The maximum Gasteiger partial charge on any atom is 0.407 e. The van der Waals surface area contributed by atoms with Crippen LogP contribution in [0.1, 0.15) is 33.5 Å². The van der Waals surface area contributed by atoms with Crippen LogP contribution in [0.15, 0.2) is 42.5 Å². The molecule has 0 atom stereocenters. The number of hydrogen-bond acceptors (Lipinski definition) is 3. The van der Waals surface area contributed by atoms with Crippen LogP contribution in [0, 0.1) is 24.6 Å². The minimum Gasteiger partial charge on any atom is -0.445 e. The highest BCUT2D eigenvalue weighted by molar-refractivity contribution is 5.80. The lowest BCUT2D eigenvalue weighted by molar-refractivity contribution is 0.111. The second kappa shape index (κ2) is 9.24. The first-order chi connectivity index (χ1) is 12.1. The van der Waals surface area contributed by atoms with Crippen molar-refractivity contribution >= 4 is 12.4 Å². The third-order valence-electron chi connectivity index (χ3n) is 3.46. The summed E-state index contributed by atoms with van der Waals surface area (Å²) in [6.07, 6.45) is 0.293. The van der Waals surface area contributed by atoms with Gasteiger partial charge in [-0.1, -0.05) is 48.2 Å². The van der Waals surface area contributed by atoms with Crippen molar-refractivity contribution in [1.29, 1.82) is 0 Å². The molecule has 0 fully saturated rings. The molecular weight excluding hydrogens is 321 g/mol. The van der Waals surface area contributed by atoms with Crippen LogP contribution < -0.4 is 5.32 Å². The number of aryl methyl sites for hydroxylation is 1. The van der Waals surface area contributed by atoms with E-state index < -0.39 is 11.9 Å². The first kappa shape index (κ1) is 18.2. The zero-order valence-electron chi connectivity index (χ0n) is 13.8. The van der Waals surface area contributed by atoms with Crippen molar-refractivity contribution in [2.45, 2.75) is 20.0 Å². The van der Waals surface area contributed by atoms with E-state index in [2.05, 4.69) is 17.2 Å². The summed E-state index contributed by atoms with van der Waals surface area (Å²) in [5.41, 5.74) is 1.97. The van der Waals surface area contributed by atoms with Crippen molar-refractivity contribution < 1.29 is 18.7 Å². The first-order valence-corrected chi connectivity index (χ1v) is 7.79. The van der Waals surface area contributed by atoms with Gasteiger partial charge in [-0.3, -0.25) is 4.79 Å². The number of amides is 1. The molecule has 4 nitrogen and oxygen atoms in total. The molecule has 0 saturated carbocycles. The summed E-state index contributed by atoms with van der Waals surface area (Å²) < 4.78 is 18.6. The van der Waals surface area contributed by atoms with Crippen molar-refractivity contribution in [2.75, 3.05) is 6.54 Å². The van der Waals surface area contributed by atoms with E-state index in [0.717, 1.165) is 11.1 Å². The fourth-order valence-corrected chi connectivity index (χ4v) is 2.14. The molecule has 1 amide bonds. The van der Waals surface area contributed by atoms with Crippen molar-refractivity contribution in [3.8, 4) is 11.8 Å². The third-order valence-corrected chi connectivity index (χ3v) is 3.46. The molecule has 0 heterocycles. The van der Waals surface area contributed by atoms with E-state index in [1.807, 2.05) is 30.3 Å². The Morgan fingerprint density at radius 3 is 2.72 bits per heavy atom. The SMILES string of the molecule is Cc1ccc(F)c(C=O)c1C#CCCNC(=O)OCc1ccccc1. The van der Waals surface area contributed by atoms with E-state index in [1.54, 1.807) is 13.0 Å². The number of alkyl carbamates (subject to hydrolysis) is 1. The van der Waals surface area contributed by atoms with E-state index in [1.165, 1.54) is 6.07 Å². The Bertz CT molecular complexity index is 807. The average Bonchev–Trinajstić information content (AvgIpc) is 2.63. The van der Waals surface area contributed by atoms with Crippen LogP contribution in [0.25, 0.3) is 0 Å². The smallest absolute Gasteiger partial charge is 0.407 e. The van der Waals surface area contributed by atoms with E-state index in [4.69, 9.17) is 4.74 Å². The number of ether oxygens (including phenoxy) is 1. The van der Waals surface area contributed by atoms with E-state index >= 15 is 0 Å². The summed E-state index contributed by atoms with van der Waals surface area (Å²) in [7, 11) is 0. The largest absolute Gasteiger partial charge is 0.445 e. The number of aldehydes is 1. The molecule has 2 rings (SSSR count). The molecule has 0 aliphatic carbocycles. The molecular formula is C20H18FNO3. The molecule has 0 bridgehead atoms. The minimum atomic E-state index is -0.590. The predicted molar refractivity (Wildman–Crippen MR) is 92.6 cm³/mol. The summed E-state index contributed by atoms with van der Waals surface area (Å²) in [5, 5.41) is 2.59. The number of rotatable bonds is 5. The van der Waals surface area contributed by atoms with E-state index in [0.29, 0.717) is 24.8 Å². The zero-order valence-corrected chi connectivity index (χ0v) is 13.8. The Kier molecular flexibility index (Phi) is 6.73. The van der Waals surface area contributed by atoms with Gasteiger partial charge in [0.05, 0.1) is 5.56 Å². The van der Waals surface area contributed by atoms with Gasteiger partial charge in [-0.25, -0.2) is 9.18 Å². The van der Waals surface area contributed by atoms with Crippen LogP contribution in [-0.4, -0.2) is 18.9 Å². The topological polar surface area (TPSA) is 55.4 Å². The monoisotopic (exact) mass is 339 g/mol. The van der Waals surface area contributed by atoms with E-state index in [-0.39, 0.29) is 12.2 Å². The highest BCUT2D eigenvalue weighted by Gasteiger charge is 2.08. The van der Waals surface area contributed by atoms with Crippen LogP contribution in [-0.2, 0) is 11.3 Å². The van der Waals surface area contributed by atoms with Crippen LogP contribution in [0.5, 0.6) is 0 Å². The molecule has 0 radical (unpaired) electrons. The number of hydrogen-bond donors (Lipinski definition) is 1. The van der Waals surface area contributed by atoms with Gasteiger partial charge in [0.2, 0.25) is 0 Å². The lowest BCUT2D eigenvalue weighted by Crippen LogP contribution is -2.24. The van der Waals surface area contributed by atoms with E-state index in [9.17, 15) is 14.0 Å². The Morgan fingerprint density at radius 1 is 1.24 bits per heavy atom. The Labute approximate surface area is 146 Å². The second-order valence-electron chi connectivity index (χ2n) is 5.31. The summed E-state index contributed by atoms with van der Waals surface area (Å²) in [4.78, 5) is 22.6. The fourth-order valence-electron chi connectivity index (χ4n) is 2.14. The van der Waals surface area contributed by atoms with Gasteiger partial charge in [0.25, 0.3) is 0 Å². The number of benzene rings is 2. The Hall–Kier alpha value is -3.13. The summed E-state index contributed by atoms with van der Waals surface area (Å²) in [5.74, 6) is 5.03. The van der Waals surface area contributed by atoms with Gasteiger partial charge < -0.3 is 10.1 Å². The van der Waals surface area contributed by atoms with Crippen molar-refractivity contribution in [3.63, 3.8) is 0 Å². The van der Waals surface area contributed by atoms with Crippen molar-refractivity contribution in [1.82, 2.24) is 5.32 Å². The molecule has 2 aromatic carbocycles. The molecule has 0 saturated heterocycles. The van der Waals surface area contributed by atoms with Crippen LogP contribution in [0.2, 0.25) is 0 Å². The lowest BCUT2D eigenvalue weighted by atomic mass is 10.0. The highest BCUT2D eigenvalue weighted by atomic mass is 19.1. The Morgan fingerprint density at radius 2 is 2.00 bits per heavy atom. The minimum absolute atomic E-state index is 0.0391. The fraction of sp³-hybridized carbons (Fsp3) is 0.200. The van der Waals surface area contributed by atoms with Crippen LogP contribution >= 0.6 is 0 Å². The molecule has 5 heteroatoms. The lowest BCUT2D eigenvalue weighted by Gasteiger charge is -2.05. The zero-order chi connectivity index (χ0) is 18.1. The maximum absolute atomic E-state index is 13.6. The first-order valence-electron chi connectivity index (χ1n) is 7.79.